The highest BCUT2D eigenvalue weighted by Crippen LogP contribution is 2.28. The minimum absolute atomic E-state index is 0.723. The second-order valence-corrected chi connectivity index (χ2v) is 3.12. The molecule has 10 heavy (non-hydrogen) atoms. The van der Waals surface area contributed by atoms with Gasteiger partial charge >= 0.3 is 0 Å². The SMILES string of the molecule is [B][C@@H]1OC(C)(C)[C@@H](O)[C@H]1O. The Morgan fingerprint density at radius 2 is 1.90 bits per heavy atom. The first-order valence-corrected chi connectivity index (χ1v) is 3.24. The van der Waals surface area contributed by atoms with Gasteiger partial charge in [0.25, 0.3) is 0 Å². The van der Waals surface area contributed by atoms with Gasteiger partial charge in [-0.1, -0.05) is 0 Å². The molecule has 4 heteroatoms. The van der Waals surface area contributed by atoms with Crippen LogP contribution in [-0.2, 0) is 4.74 Å². The van der Waals surface area contributed by atoms with Crippen LogP contribution in [0.4, 0.5) is 0 Å². The van der Waals surface area contributed by atoms with Crippen molar-refractivity contribution in [3.63, 3.8) is 0 Å². The molecular formula is C6H11BO3. The Morgan fingerprint density at radius 1 is 1.40 bits per heavy atom. The van der Waals surface area contributed by atoms with Crippen LogP contribution in [0.2, 0.25) is 0 Å². The van der Waals surface area contributed by atoms with Crippen LogP contribution in [0.25, 0.3) is 0 Å². The molecule has 0 aromatic rings. The largest absolute Gasteiger partial charge is 0.388 e. The first-order valence-electron chi connectivity index (χ1n) is 3.24. The van der Waals surface area contributed by atoms with Crippen LogP contribution in [0.3, 0.4) is 0 Å². The maximum absolute atomic E-state index is 9.24. The molecule has 1 saturated heterocycles. The van der Waals surface area contributed by atoms with Crippen LogP contribution in [0, 0.1) is 0 Å². The van der Waals surface area contributed by atoms with E-state index in [1.807, 2.05) is 0 Å². The molecule has 3 nitrogen and oxygen atoms in total. The molecule has 0 bridgehead atoms. The van der Waals surface area contributed by atoms with E-state index in [0.29, 0.717) is 0 Å². The summed E-state index contributed by atoms with van der Waals surface area (Å²) in [5.41, 5.74) is -0.723. The molecule has 1 heterocycles. The summed E-state index contributed by atoms with van der Waals surface area (Å²) in [5.74, 6) is 0. The number of hydrogen-bond acceptors (Lipinski definition) is 3. The lowest BCUT2D eigenvalue weighted by Crippen LogP contribution is -2.37. The summed E-state index contributed by atoms with van der Waals surface area (Å²) in [6, 6.07) is -0.759. The topological polar surface area (TPSA) is 49.7 Å². The summed E-state index contributed by atoms with van der Waals surface area (Å²) in [7, 11) is 5.31. The molecule has 1 aliphatic heterocycles. The van der Waals surface area contributed by atoms with Crippen molar-refractivity contribution in [3.8, 4) is 0 Å². The zero-order chi connectivity index (χ0) is 7.94. The molecule has 0 saturated carbocycles. The highest BCUT2D eigenvalue weighted by molar-refractivity contribution is 6.11. The molecule has 0 unspecified atom stereocenters. The number of ether oxygens (including phenoxy) is 1. The number of rotatable bonds is 0. The monoisotopic (exact) mass is 142 g/mol. The van der Waals surface area contributed by atoms with Gasteiger partial charge in [-0.05, 0) is 13.8 Å². The molecule has 0 spiro atoms. The number of aliphatic hydroxyl groups is 2. The van der Waals surface area contributed by atoms with Crippen LogP contribution in [0.5, 0.6) is 0 Å². The first kappa shape index (κ1) is 8.05. The average molecular weight is 142 g/mol. The van der Waals surface area contributed by atoms with E-state index < -0.39 is 23.8 Å². The fourth-order valence-electron chi connectivity index (χ4n) is 1.08. The lowest BCUT2D eigenvalue weighted by molar-refractivity contribution is -0.0415. The quantitative estimate of drug-likeness (QED) is 0.427. The summed E-state index contributed by atoms with van der Waals surface area (Å²) in [4.78, 5) is 0. The third-order valence-corrected chi connectivity index (χ3v) is 1.81. The Balaban J connectivity index is 2.71. The minimum Gasteiger partial charge on any atom is -0.388 e. The Hall–Kier alpha value is -0.0551. The van der Waals surface area contributed by atoms with E-state index in [9.17, 15) is 5.11 Å². The van der Waals surface area contributed by atoms with Crippen LogP contribution in [0.1, 0.15) is 13.8 Å². The van der Waals surface area contributed by atoms with Crippen molar-refractivity contribution in [1.82, 2.24) is 0 Å². The Labute approximate surface area is 61.4 Å². The molecule has 0 aromatic heterocycles. The summed E-state index contributed by atoms with van der Waals surface area (Å²) in [5, 5.41) is 18.3. The Morgan fingerprint density at radius 3 is 2.00 bits per heavy atom. The van der Waals surface area contributed by atoms with E-state index in [1.54, 1.807) is 13.8 Å². The van der Waals surface area contributed by atoms with Crippen molar-refractivity contribution in [2.45, 2.75) is 37.7 Å². The van der Waals surface area contributed by atoms with Crippen LogP contribution >= 0.6 is 0 Å². The van der Waals surface area contributed by atoms with E-state index in [2.05, 4.69) is 0 Å². The Bertz CT molecular complexity index is 137. The molecule has 0 aromatic carbocycles. The van der Waals surface area contributed by atoms with E-state index in [0.717, 1.165) is 0 Å². The van der Waals surface area contributed by atoms with Crippen molar-refractivity contribution >= 4 is 7.85 Å². The summed E-state index contributed by atoms with van der Waals surface area (Å²) >= 11 is 0. The molecule has 56 valence electrons. The molecule has 1 rings (SSSR count). The van der Waals surface area contributed by atoms with Gasteiger partial charge < -0.3 is 14.9 Å². The van der Waals surface area contributed by atoms with E-state index in [1.165, 1.54) is 0 Å². The van der Waals surface area contributed by atoms with Gasteiger partial charge in [0.05, 0.1) is 5.60 Å². The van der Waals surface area contributed by atoms with E-state index in [4.69, 9.17) is 17.7 Å². The van der Waals surface area contributed by atoms with Crippen molar-refractivity contribution in [2.75, 3.05) is 0 Å². The van der Waals surface area contributed by atoms with E-state index in [-0.39, 0.29) is 0 Å². The highest BCUT2D eigenvalue weighted by Gasteiger charge is 2.45. The average Bonchev–Trinajstić information content (AvgIpc) is 1.95. The summed E-state index contributed by atoms with van der Waals surface area (Å²) < 4.78 is 5.05. The van der Waals surface area contributed by atoms with Gasteiger partial charge in [0.15, 0.2) is 0 Å². The van der Waals surface area contributed by atoms with E-state index >= 15 is 0 Å². The Kier molecular flexibility index (Phi) is 1.79. The summed E-state index contributed by atoms with van der Waals surface area (Å²) in [6.07, 6.45) is -1.85. The smallest absolute Gasteiger partial charge is 0.112 e. The zero-order valence-corrected chi connectivity index (χ0v) is 6.11. The second kappa shape index (κ2) is 2.22. The van der Waals surface area contributed by atoms with Gasteiger partial charge in [0, 0.05) is 6.00 Å². The van der Waals surface area contributed by atoms with Gasteiger partial charge in [-0.2, -0.15) is 0 Å². The molecule has 2 N–H and O–H groups in total. The predicted molar refractivity (Wildman–Crippen MR) is 36.7 cm³/mol. The van der Waals surface area contributed by atoms with Gasteiger partial charge in [-0.25, -0.2) is 0 Å². The van der Waals surface area contributed by atoms with Gasteiger partial charge in [0.1, 0.15) is 20.1 Å². The molecule has 0 amide bonds. The summed E-state index contributed by atoms with van der Waals surface area (Å²) in [6.45, 7) is 3.38. The van der Waals surface area contributed by atoms with Crippen molar-refractivity contribution < 1.29 is 14.9 Å². The fourth-order valence-corrected chi connectivity index (χ4v) is 1.08. The van der Waals surface area contributed by atoms with Gasteiger partial charge in [0.2, 0.25) is 0 Å². The van der Waals surface area contributed by atoms with Crippen LogP contribution < -0.4 is 0 Å². The lowest BCUT2D eigenvalue weighted by atomic mass is 9.91. The normalized spacial score (nSPS) is 45.8. The molecule has 3 atom stereocenters. The van der Waals surface area contributed by atoms with Crippen molar-refractivity contribution in [2.24, 2.45) is 0 Å². The highest BCUT2D eigenvalue weighted by atomic mass is 16.6. The maximum atomic E-state index is 9.24. The van der Waals surface area contributed by atoms with Gasteiger partial charge in [-0.15, -0.1) is 0 Å². The second-order valence-electron chi connectivity index (χ2n) is 3.12. The number of aliphatic hydroxyl groups excluding tert-OH is 2. The van der Waals surface area contributed by atoms with Crippen LogP contribution in [-0.4, -0.2) is 41.9 Å². The first-order chi connectivity index (χ1) is 4.45. The molecular weight excluding hydrogens is 131 g/mol. The van der Waals surface area contributed by atoms with Crippen LogP contribution in [0.15, 0.2) is 0 Å². The van der Waals surface area contributed by atoms with Crippen molar-refractivity contribution in [1.29, 1.82) is 0 Å². The maximum Gasteiger partial charge on any atom is 0.112 e. The lowest BCUT2D eigenvalue weighted by Gasteiger charge is -2.21. The molecule has 1 fully saturated rings. The molecule has 2 radical (unpaired) electrons. The third-order valence-electron chi connectivity index (χ3n) is 1.81. The minimum atomic E-state index is -0.963. The zero-order valence-electron chi connectivity index (χ0n) is 6.11. The van der Waals surface area contributed by atoms with Gasteiger partial charge in [-0.3, -0.25) is 0 Å². The number of hydrogen-bond donors (Lipinski definition) is 2. The predicted octanol–water partition coefficient (Wildman–Crippen LogP) is -0.988. The van der Waals surface area contributed by atoms with Crippen molar-refractivity contribution in [3.05, 3.63) is 0 Å². The fraction of sp³-hybridized carbons (Fsp3) is 1.00. The third kappa shape index (κ3) is 1.07. The molecule has 0 aliphatic carbocycles. The molecule has 1 aliphatic rings. The standard InChI is InChI=1S/C6H11BO3/c1-6(2)4(9)3(8)5(7)10-6/h3-5,8-9H,1-2H3/t3-,4+,5-/m1/s1.